The van der Waals surface area contributed by atoms with Crippen LogP contribution in [0.3, 0.4) is 0 Å². The number of carbonyl (C=O) groups is 1. The predicted molar refractivity (Wildman–Crippen MR) is 72.5 cm³/mol. The van der Waals surface area contributed by atoms with Crippen LogP contribution < -0.4 is 10.6 Å². The summed E-state index contributed by atoms with van der Waals surface area (Å²) < 4.78 is 0. The summed E-state index contributed by atoms with van der Waals surface area (Å²) in [5.74, 6) is 0.257. The summed E-state index contributed by atoms with van der Waals surface area (Å²) in [6.45, 7) is 1.31. The number of nitrogens with two attached hydrogens (primary N) is 1. The first-order valence-corrected chi connectivity index (χ1v) is 6.87. The second-order valence-corrected chi connectivity index (χ2v) is 5.53. The van der Waals surface area contributed by atoms with Crippen LogP contribution in [0.15, 0.2) is 24.3 Å². The molecular formula is C15H20N2O. The highest BCUT2D eigenvalue weighted by Crippen LogP contribution is 2.41. The van der Waals surface area contributed by atoms with Gasteiger partial charge in [0.2, 0.25) is 5.91 Å². The van der Waals surface area contributed by atoms with Crippen molar-refractivity contribution in [1.82, 2.24) is 0 Å². The van der Waals surface area contributed by atoms with Crippen molar-refractivity contribution >= 4 is 11.6 Å². The van der Waals surface area contributed by atoms with Crippen LogP contribution >= 0.6 is 0 Å². The van der Waals surface area contributed by atoms with Gasteiger partial charge in [0, 0.05) is 18.8 Å². The van der Waals surface area contributed by atoms with Gasteiger partial charge in [-0.25, -0.2) is 0 Å². The molecule has 2 aliphatic rings. The highest BCUT2D eigenvalue weighted by atomic mass is 16.2. The number of anilines is 1. The highest BCUT2D eigenvalue weighted by Gasteiger charge is 2.43. The Labute approximate surface area is 108 Å². The van der Waals surface area contributed by atoms with Gasteiger partial charge < -0.3 is 10.6 Å². The van der Waals surface area contributed by atoms with Crippen LogP contribution in [0.2, 0.25) is 0 Å². The lowest BCUT2D eigenvalue weighted by Gasteiger charge is -2.31. The van der Waals surface area contributed by atoms with Crippen LogP contribution in [-0.4, -0.2) is 19.0 Å². The molecule has 1 aliphatic heterocycles. The standard InChI is InChI=1S/C15H20N2O/c16-11-15(8-3-4-9-15)14(18)17-10-7-12-5-1-2-6-13(12)17/h1-2,5-6H,3-4,7-11,16H2. The Morgan fingerprint density at radius 3 is 2.72 bits per heavy atom. The maximum absolute atomic E-state index is 12.8. The molecule has 0 radical (unpaired) electrons. The zero-order chi connectivity index (χ0) is 12.6. The number of carbonyl (C=O) groups excluding carboxylic acids is 1. The number of hydrogen-bond donors (Lipinski definition) is 1. The second-order valence-electron chi connectivity index (χ2n) is 5.53. The molecule has 96 valence electrons. The maximum Gasteiger partial charge on any atom is 0.234 e. The van der Waals surface area contributed by atoms with Gasteiger partial charge in [-0.15, -0.1) is 0 Å². The Bertz CT molecular complexity index is 463. The van der Waals surface area contributed by atoms with Crippen LogP contribution in [-0.2, 0) is 11.2 Å². The average Bonchev–Trinajstić information content (AvgIpc) is 3.05. The molecule has 1 heterocycles. The van der Waals surface area contributed by atoms with E-state index in [-0.39, 0.29) is 11.3 Å². The third-order valence-electron chi connectivity index (χ3n) is 4.54. The summed E-state index contributed by atoms with van der Waals surface area (Å²) in [6, 6.07) is 8.22. The van der Waals surface area contributed by atoms with E-state index in [4.69, 9.17) is 5.73 Å². The fraction of sp³-hybridized carbons (Fsp3) is 0.533. The molecule has 0 atom stereocenters. The maximum atomic E-state index is 12.8. The minimum Gasteiger partial charge on any atom is -0.329 e. The number of hydrogen-bond acceptors (Lipinski definition) is 2. The summed E-state index contributed by atoms with van der Waals surface area (Å²) in [5.41, 5.74) is 8.02. The molecule has 3 rings (SSSR count). The quantitative estimate of drug-likeness (QED) is 0.866. The molecule has 1 aromatic carbocycles. The van der Waals surface area contributed by atoms with Crippen LogP contribution in [0.1, 0.15) is 31.2 Å². The molecule has 1 aromatic rings. The fourth-order valence-corrected chi connectivity index (χ4v) is 3.39. The number of nitrogens with zero attached hydrogens (tertiary/aromatic N) is 1. The predicted octanol–water partition coefficient (Wildman–Crippen LogP) is 2.09. The Morgan fingerprint density at radius 1 is 1.28 bits per heavy atom. The van der Waals surface area contributed by atoms with Gasteiger partial charge in [-0.05, 0) is 30.9 Å². The lowest BCUT2D eigenvalue weighted by atomic mass is 9.84. The molecule has 3 nitrogen and oxygen atoms in total. The molecule has 18 heavy (non-hydrogen) atoms. The Hall–Kier alpha value is -1.35. The number of para-hydroxylation sites is 1. The van der Waals surface area contributed by atoms with E-state index in [0.717, 1.165) is 44.3 Å². The first-order valence-electron chi connectivity index (χ1n) is 6.87. The molecule has 2 N–H and O–H groups in total. The van der Waals surface area contributed by atoms with Crippen molar-refractivity contribution in [2.75, 3.05) is 18.0 Å². The smallest absolute Gasteiger partial charge is 0.234 e. The van der Waals surface area contributed by atoms with E-state index in [9.17, 15) is 4.79 Å². The van der Waals surface area contributed by atoms with Crippen molar-refractivity contribution in [3.63, 3.8) is 0 Å². The first-order chi connectivity index (χ1) is 8.77. The van der Waals surface area contributed by atoms with Gasteiger partial charge in [0.25, 0.3) is 0 Å². The number of rotatable bonds is 2. The number of benzene rings is 1. The topological polar surface area (TPSA) is 46.3 Å². The van der Waals surface area contributed by atoms with Gasteiger partial charge in [-0.1, -0.05) is 31.0 Å². The second kappa shape index (κ2) is 4.39. The van der Waals surface area contributed by atoms with Crippen LogP contribution in [0.4, 0.5) is 5.69 Å². The van der Waals surface area contributed by atoms with E-state index >= 15 is 0 Å². The molecule has 1 fully saturated rings. The Morgan fingerprint density at radius 2 is 2.00 bits per heavy atom. The molecule has 0 spiro atoms. The van der Waals surface area contributed by atoms with E-state index in [1.807, 2.05) is 17.0 Å². The SMILES string of the molecule is NCC1(C(=O)N2CCc3ccccc32)CCCC1. The van der Waals surface area contributed by atoms with Crippen molar-refractivity contribution in [3.05, 3.63) is 29.8 Å². The summed E-state index contributed by atoms with van der Waals surface area (Å²) in [6.07, 6.45) is 5.17. The van der Waals surface area contributed by atoms with E-state index in [2.05, 4.69) is 12.1 Å². The Kier molecular flexibility index (Phi) is 2.86. The van der Waals surface area contributed by atoms with Crippen molar-refractivity contribution in [2.45, 2.75) is 32.1 Å². The summed E-state index contributed by atoms with van der Waals surface area (Å²) in [5, 5.41) is 0. The van der Waals surface area contributed by atoms with E-state index < -0.39 is 0 Å². The van der Waals surface area contributed by atoms with E-state index in [1.54, 1.807) is 0 Å². The van der Waals surface area contributed by atoms with Gasteiger partial charge in [-0.2, -0.15) is 0 Å². The minimum atomic E-state index is -0.280. The van der Waals surface area contributed by atoms with Gasteiger partial charge in [0.15, 0.2) is 0 Å². The number of amides is 1. The minimum absolute atomic E-state index is 0.257. The summed E-state index contributed by atoms with van der Waals surface area (Å²) >= 11 is 0. The summed E-state index contributed by atoms with van der Waals surface area (Å²) in [7, 11) is 0. The van der Waals surface area contributed by atoms with Gasteiger partial charge in [0.1, 0.15) is 0 Å². The lowest BCUT2D eigenvalue weighted by Crippen LogP contribution is -2.46. The third kappa shape index (κ3) is 1.65. The molecule has 0 aromatic heterocycles. The van der Waals surface area contributed by atoms with Crippen LogP contribution in [0.5, 0.6) is 0 Å². The van der Waals surface area contributed by atoms with Gasteiger partial charge >= 0.3 is 0 Å². The van der Waals surface area contributed by atoms with Crippen LogP contribution in [0, 0.1) is 5.41 Å². The van der Waals surface area contributed by atoms with Crippen LogP contribution in [0.25, 0.3) is 0 Å². The first kappa shape index (κ1) is 11.7. The molecule has 1 saturated carbocycles. The van der Waals surface area contributed by atoms with Crippen molar-refractivity contribution < 1.29 is 4.79 Å². The van der Waals surface area contributed by atoms with Crippen molar-refractivity contribution in [3.8, 4) is 0 Å². The molecule has 0 saturated heterocycles. The molecule has 3 heteroatoms. The highest BCUT2D eigenvalue weighted by molar-refractivity contribution is 5.99. The molecule has 1 aliphatic carbocycles. The summed E-state index contributed by atoms with van der Waals surface area (Å²) in [4.78, 5) is 14.8. The van der Waals surface area contributed by atoms with E-state index in [0.29, 0.717) is 6.54 Å². The zero-order valence-corrected chi connectivity index (χ0v) is 10.7. The monoisotopic (exact) mass is 244 g/mol. The molecule has 0 unspecified atom stereocenters. The molecule has 0 bridgehead atoms. The average molecular weight is 244 g/mol. The van der Waals surface area contributed by atoms with Crippen molar-refractivity contribution in [2.24, 2.45) is 11.1 Å². The Balaban J connectivity index is 1.90. The normalized spacial score (nSPS) is 21.1. The molecule has 1 amide bonds. The largest absolute Gasteiger partial charge is 0.329 e. The molecular weight excluding hydrogens is 224 g/mol. The van der Waals surface area contributed by atoms with Gasteiger partial charge in [-0.3, -0.25) is 4.79 Å². The number of fused-ring (bicyclic) bond motifs is 1. The lowest BCUT2D eigenvalue weighted by molar-refractivity contribution is -0.127. The fourth-order valence-electron chi connectivity index (χ4n) is 3.39. The third-order valence-corrected chi connectivity index (χ3v) is 4.54. The zero-order valence-electron chi connectivity index (χ0n) is 10.7. The van der Waals surface area contributed by atoms with Crippen molar-refractivity contribution in [1.29, 1.82) is 0 Å². The van der Waals surface area contributed by atoms with E-state index in [1.165, 1.54) is 5.56 Å². The van der Waals surface area contributed by atoms with Gasteiger partial charge in [0.05, 0.1) is 5.41 Å².